The quantitative estimate of drug-likeness (QED) is 0.364. The van der Waals surface area contributed by atoms with Crippen LogP contribution < -0.4 is 16.4 Å². The molecule has 0 fully saturated rings. The van der Waals surface area contributed by atoms with Crippen LogP contribution in [0.15, 0.2) is 12.5 Å². The summed E-state index contributed by atoms with van der Waals surface area (Å²) in [6.07, 6.45) is 5.24. The number of aliphatic carboxylic acids is 1. The molecule has 0 bridgehead atoms. The Bertz CT molecular complexity index is 549. The number of nitrogens with two attached hydrogens (primary N) is 1. The van der Waals surface area contributed by atoms with Crippen LogP contribution in [0.25, 0.3) is 0 Å². The molecular formula is C14H23N5O4S. The molecule has 24 heavy (non-hydrogen) atoms. The van der Waals surface area contributed by atoms with Gasteiger partial charge in [-0.1, -0.05) is 0 Å². The van der Waals surface area contributed by atoms with E-state index in [2.05, 4.69) is 20.6 Å². The van der Waals surface area contributed by atoms with E-state index in [9.17, 15) is 19.5 Å². The summed E-state index contributed by atoms with van der Waals surface area (Å²) in [5.41, 5.74) is 6.08. The fourth-order valence-corrected chi connectivity index (χ4v) is 2.37. The Morgan fingerprint density at radius 2 is 2.00 bits per heavy atom. The highest BCUT2D eigenvalue weighted by molar-refractivity contribution is 7.98. The highest BCUT2D eigenvalue weighted by atomic mass is 32.2. The van der Waals surface area contributed by atoms with Gasteiger partial charge in [0, 0.05) is 18.3 Å². The molecule has 3 atom stereocenters. The number of aromatic amines is 1. The van der Waals surface area contributed by atoms with E-state index in [-0.39, 0.29) is 6.42 Å². The number of carboxylic acids is 1. The van der Waals surface area contributed by atoms with E-state index in [4.69, 9.17) is 5.73 Å². The van der Waals surface area contributed by atoms with Crippen molar-refractivity contribution in [1.29, 1.82) is 0 Å². The third-order valence-corrected chi connectivity index (χ3v) is 3.89. The molecule has 2 amide bonds. The number of imidazole rings is 1. The molecule has 0 radical (unpaired) electrons. The third-order valence-electron chi connectivity index (χ3n) is 3.25. The van der Waals surface area contributed by atoms with Crippen molar-refractivity contribution in [3.63, 3.8) is 0 Å². The number of carboxylic acid groups (broad SMARTS) is 1. The summed E-state index contributed by atoms with van der Waals surface area (Å²) in [7, 11) is 0. The molecule has 10 heteroatoms. The first-order valence-electron chi connectivity index (χ1n) is 7.40. The topological polar surface area (TPSA) is 150 Å². The predicted molar refractivity (Wildman–Crippen MR) is 90.4 cm³/mol. The summed E-state index contributed by atoms with van der Waals surface area (Å²) in [5.74, 6) is -1.54. The van der Waals surface area contributed by atoms with Gasteiger partial charge in [-0.25, -0.2) is 9.78 Å². The average Bonchev–Trinajstić information content (AvgIpc) is 3.03. The van der Waals surface area contributed by atoms with E-state index in [1.54, 1.807) is 0 Å². The number of carbonyl (C=O) groups excluding carboxylic acids is 2. The lowest BCUT2D eigenvalue weighted by Crippen LogP contribution is -2.54. The van der Waals surface area contributed by atoms with Crippen LogP contribution in [0.3, 0.4) is 0 Å². The van der Waals surface area contributed by atoms with Gasteiger partial charge >= 0.3 is 5.97 Å². The van der Waals surface area contributed by atoms with Gasteiger partial charge in [-0.05, 0) is 25.4 Å². The molecule has 1 rings (SSSR count). The van der Waals surface area contributed by atoms with Gasteiger partial charge in [0.15, 0.2) is 0 Å². The maximum Gasteiger partial charge on any atom is 0.326 e. The summed E-state index contributed by atoms with van der Waals surface area (Å²) in [6, 6.07) is -2.71. The van der Waals surface area contributed by atoms with Crippen LogP contribution in [0.5, 0.6) is 0 Å². The van der Waals surface area contributed by atoms with E-state index in [1.165, 1.54) is 31.2 Å². The Morgan fingerprint density at radius 1 is 1.33 bits per heavy atom. The van der Waals surface area contributed by atoms with Gasteiger partial charge in [0.25, 0.3) is 0 Å². The van der Waals surface area contributed by atoms with Crippen LogP contribution in [0.4, 0.5) is 0 Å². The summed E-state index contributed by atoms with van der Waals surface area (Å²) >= 11 is 1.52. The van der Waals surface area contributed by atoms with E-state index >= 15 is 0 Å². The number of H-pyrrole nitrogens is 1. The van der Waals surface area contributed by atoms with Gasteiger partial charge in [-0.3, -0.25) is 9.59 Å². The smallest absolute Gasteiger partial charge is 0.326 e. The van der Waals surface area contributed by atoms with Gasteiger partial charge in [0.05, 0.1) is 12.4 Å². The highest BCUT2D eigenvalue weighted by Crippen LogP contribution is 2.04. The molecule has 3 unspecified atom stereocenters. The molecule has 134 valence electrons. The maximum absolute atomic E-state index is 12.4. The first-order chi connectivity index (χ1) is 11.3. The number of nitrogens with one attached hydrogen (secondary N) is 3. The van der Waals surface area contributed by atoms with Crippen molar-refractivity contribution < 1.29 is 19.5 Å². The van der Waals surface area contributed by atoms with Crippen LogP contribution in [-0.4, -0.2) is 63.0 Å². The predicted octanol–water partition coefficient (Wildman–Crippen LogP) is -0.893. The van der Waals surface area contributed by atoms with Crippen molar-refractivity contribution in [2.24, 2.45) is 5.73 Å². The minimum Gasteiger partial charge on any atom is -0.480 e. The Hall–Kier alpha value is -2.07. The largest absolute Gasteiger partial charge is 0.480 e. The van der Waals surface area contributed by atoms with E-state index in [0.29, 0.717) is 17.9 Å². The summed E-state index contributed by atoms with van der Waals surface area (Å²) < 4.78 is 0. The average molecular weight is 357 g/mol. The number of rotatable bonds is 10. The number of hydrogen-bond donors (Lipinski definition) is 5. The number of thioether (sulfide) groups is 1. The highest BCUT2D eigenvalue weighted by Gasteiger charge is 2.27. The maximum atomic E-state index is 12.4. The van der Waals surface area contributed by atoms with Gasteiger partial charge < -0.3 is 26.5 Å². The minimum absolute atomic E-state index is 0.0670. The molecular weight excluding hydrogens is 334 g/mol. The molecule has 0 aliphatic heterocycles. The van der Waals surface area contributed by atoms with Crippen molar-refractivity contribution in [3.8, 4) is 0 Å². The van der Waals surface area contributed by atoms with Crippen LogP contribution in [0.1, 0.15) is 19.0 Å². The van der Waals surface area contributed by atoms with E-state index < -0.39 is 35.9 Å². The molecule has 0 aliphatic carbocycles. The van der Waals surface area contributed by atoms with Gasteiger partial charge in [0.2, 0.25) is 11.8 Å². The van der Waals surface area contributed by atoms with Gasteiger partial charge in [-0.15, -0.1) is 0 Å². The molecule has 9 nitrogen and oxygen atoms in total. The fraction of sp³-hybridized carbons (Fsp3) is 0.571. The Morgan fingerprint density at radius 3 is 2.50 bits per heavy atom. The van der Waals surface area contributed by atoms with Crippen LogP contribution in [-0.2, 0) is 20.8 Å². The SMILES string of the molecule is CSCCC(NC(=O)C(C)N)C(=O)NC(Cc1cnc[nH]1)C(=O)O. The normalized spacial score (nSPS) is 14.5. The number of amides is 2. The number of hydrogen-bond acceptors (Lipinski definition) is 6. The number of aromatic nitrogens is 2. The fourth-order valence-electron chi connectivity index (χ4n) is 1.90. The number of carbonyl (C=O) groups is 3. The van der Waals surface area contributed by atoms with Crippen LogP contribution in [0.2, 0.25) is 0 Å². The van der Waals surface area contributed by atoms with Crippen molar-refractivity contribution in [1.82, 2.24) is 20.6 Å². The van der Waals surface area contributed by atoms with E-state index in [1.807, 2.05) is 6.26 Å². The number of nitrogens with zero attached hydrogens (tertiary/aromatic N) is 1. The van der Waals surface area contributed by atoms with Crippen molar-refractivity contribution >= 4 is 29.5 Å². The van der Waals surface area contributed by atoms with Crippen molar-refractivity contribution in [2.75, 3.05) is 12.0 Å². The molecule has 6 N–H and O–H groups in total. The lowest BCUT2D eigenvalue weighted by molar-refractivity contribution is -0.142. The molecule has 1 heterocycles. The first kappa shape index (κ1) is 20.0. The lowest BCUT2D eigenvalue weighted by Gasteiger charge is -2.22. The molecule has 1 aromatic rings. The van der Waals surface area contributed by atoms with Crippen molar-refractivity contribution in [3.05, 3.63) is 18.2 Å². The zero-order valence-electron chi connectivity index (χ0n) is 13.6. The molecule has 0 aromatic carbocycles. The minimum atomic E-state index is -1.17. The summed E-state index contributed by atoms with van der Waals surface area (Å²) in [5, 5.41) is 14.3. The summed E-state index contributed by atoms with van der Waals surface area (Å²) in [6.45, 7) is 1.51. The molecule has 0 saturated carbocycles. The van der Waals surface area contributed by atoms with E-state index in [0.717, 1.165) is 0 Å². The molecule has 0 saturated heterocycles. The Labute approximate surface area is 144 Å². The zero-order chi connectivity index (χ0) is 18.1. The Balaban J connectivity index is 2.74. The molecule has 0 aliphatic rings. The zero-order valence-corrected chi connectivity index (χ0v) is 14.4. The first-order valence-corrected chi connectivity index (χ1v) is 8.79. The van der Waals surface area contributed by atoms with Gasteiger partial charge in [-0.2, -0.15) is 11.8 Å². The standard InChI is InChI=1S/C14H23N5O4S/c1-8(15)12(20)18-10(3-4-24-2)13(21)19-11(14(22)23)5-9-6-16-7-17-9/h6-8,10-11H,3-5,15H2,1-2H3,(H,16,17)(H,18,20)(H,19,21)(H,22,23). The lowest BCUT2D eigenvalue weighted by atomic mass is 10.1. The third kappa shape index (κ3) is 6.59. The van der Waals surface area contributed by atoms with Gasteiger partial charge in [0.1, 0.15) is 12.1 Å². The Kier molecular flexibility index (Phi) is 8.27. The second-order valence-electron chi connectivity index (χ2n) is 5.31. The second kappa shape index (κ2) is 9.93. The van der Waals surface area contributed by atoms with Crippen LogP contribution >= 0.6 is 11.8 Å². The van der Waals surface area contributed by atoms with Crippen molar-refractivity contribution in [2.45, 2.75) is 37.9 Å². The molecule has 0 spiro atoms. The molecule has 1 aromatic heterocycles. The monoisotopic (exact) mass is 357 g/mol. The second-order valence-corrected chi connectivity index (χ2v) is 6.30. The van der Waals surface area contributed by atoms with Crippen LogP contribution in [0, 0.1) is 0 Å². The summed E-state index contributed by atoms with van der Waals surface area (Å²) in [4.78, 5) is 42.1.